The highest BCUT2D eigenvalue weighted by Gasteiger charge is 2.45. The molecule has 0 atom stereocenters. The van der Waals surface area contributed by atoms with Crippen molar-refractivity contribution in [3.63, 3.8) is 0 Å². The van der Waals surface area contributed by atoms with Gasteiger partial charge in [0.15, 0.2) is 5.78 Å². The van der Waals surface area contributed by atoms with Crippen LogP contribution in [0.5, 0.6) is 0 Å². The first kappa shape index (κ1) is 11.2. The molecule has 0 aromatic heterocycles. The molecule has 11 heavy (non-hydrogen) atoms. The van der Waals surface area contributed by atoms with Crippen LogP contribution in [0.15, 0.2) is 0 Å². The fourth-order valence-electron chi connectivity index (χ4n) is 0.350. The third-order valence-electron chi connectivity index (χ3n) is 0.970. The maximum atomic E-state index is 10.7. The van der Waals surface area contributed by atoms with E-state index in [0.29, 0.717) is 0 Å². The lowest BCUT2D eigenvalue weighted by molar-refractivity contribution is -0.117. The van der Waals surface area contributed by atoms with Gasteiger partial charge in [-0.25, -0.2) is 0 Å². The van der Waals surface area contributed by atoms with Crippen molar-refractivity contribution in [1.29, 1.82) is 0 Å². The second kappa shape index (κ2) is 3.26. The number of ketones is 1. The topological polar surface area (TPSA) is 71.4 Å². The van der Waals surface area contributed by atoms with E-state index in [0.717, 1.165) is 0 Å². The highest BCUT2D eigenvalue weighted by atomic mass is 35.5. The molecule has 7 heteroatoms. The van der Waals surface area contributed by atoms with Crippen LogP contribution in [0, 0.1) is 0 Å². The average molecular weight is 221 g/mol. The maximum Gasteiger partial charge on any atom is 0.306 e. The average Bonchev–Trinajstić information content (AvgIpc) is 1.83. The fraction of sp³-hybridized carbons (Fsp3) is 0.750. The molecule has 0 aliphatic heterocycles. The monoisotopic (exact) mass is 220 g/mol. The van der Waals surface area contributed by atoms with Gasteiger partial charge in [0.25, 0.3) is 0 Å². The van der Waals surface area contributed by atoms with Gasteiger partial charge in [0.1, 0.15) is 0 Å². The lowest BCUT2D eigenvalue weighted by Gasteiger charge is -2.12. The van der Waals surface area contributed by atoms with Crippen molar-refractivity contribution >= 4 is 39.1 Å². The Morgan fingerprint density at radius 2 is 1.91 bits per heavy atom. The van der Waals surface area contributed by atoms with E-state index in [1.54, 1.807) is 0 Å². The van der Waals surface area contributed by atoms with Crippen LogP contribution in [-0.4, -0.2) is 22.4 Å². The molecular weight excluding hydrogens is 215 g/mol. The predicted octanol–water partition coefficient (Wildman–Crippen LogP) is 0.985. The predicted molar refractivity (Wildman–Crippen MR) is 41.3 cm³/mol. The summed E-state index contributed by atoms with van der Waals surface area (Å²) in [6.45, 7) is 1.38. The zero-order valence-electron chi connectivity index (χ0n) is 5.54. The molecule has 0 unspecified atom stereocenters. The van der Waals surface area contributed by atoms with Crippen molar-refractivity contribution in [1.82, 2.24) is 0 Å². The van der Waals surface area contributed by atoms with Crippen LogP contribution in [0.1, 0.15) is 13.3 Å². The van der Waals surface area contributed by atoms with Crippen molar-refractivity contribution in [3.8, 4) is 0 Å². The number of carbonyl (C=O) groups is 1. The van der Waals surface area contributed by atoms with Crippen LogP contribution < -0.4 is 0 Å². The Hall–Kier alpha value is 0.160. The molecule has 0 spiro atoms. The minimum atomic E-state index is -4.73. The number of halogens is 2. The van der Waals surface area contributed by atoms with Crippen molar-refractivity contribution in [2.45, 2.75) is 17.0 Å². The van der Waals surface area contributed by atoms with E-state index in [1.165, 1.54) is 6.92 Å². The van der Waals surface area contributed by atoms with E-state index in [4.69, 9.17) is 27.8 Å². The maximum absolute atomic E-state index is 10.7. The summed E-state index contributed by atoms with van der Waals surface area (Å²) in [5.41, 5.74) is 0. The van der Waals surface area contributed by atoms with E-state index >= 15 is 0 Å². The fourth-order valence-corrected chi connectivity index (χ4v) is 1.05. The van der Waals surface area contributed by atoms with Gasteiger partial charge < -0.3 is 0 Å². The summed E-state index contributed by atoms with van der Waals surface area (Å²) >= 11 is 10.1. The van der Waals surface area contributed by atoms with Crippen LogP contribution in [0.3, 0.4) is 0 Å². The molecule has 0 saturated carbocycles. The first-order chi connectivity index (χ1) is 4.73. The molecule has 0 fully saturated rings. The Labute approximate surface area is 74.2 Å². The van der Waals surface area contributed by atoms with Gasteiger partial charge in [0.2, 0.25) is 0 Å². The normalized spacial score (nSPS) is 13.1. The first-order valence-electron chi connectivity index (χ1n) is 2.61. The van der Waals surface area contributed by atoms with Crippen LogP contribution in [0.2, 0.25) is 0 Å². The van der Waals surface area contributed by atoms with Crippen molar-refractivity contribution in [3.05, 3.63) is 0 Å². The standard InChI is InChI=1S/C4H6Cl2O4S/c1-2-3(7)4(5,6)11(8,9)10/h2H2,1H3,(H,8,9,10). The molecule has 0 radical (unpaired) electrons. The van der Waals surface area contributed by atoms with Gasteiger partial charge in [-0.1, -0.05) is 30.1 Å². The Morgan fingerprint density at radius 1 is 1.55 bits per heavy atom. The highest BCUT2D eigenvalue weighted by Crippen LogP contribution is 2.29. The van der Waals surface area contributed by atoms with E-state index in [2.05, 4.69) is 0 Å². The molecule has 0 aromatic rings. The van der Waals surface area contributed by atoms with E-state index in [-0.39, 0.29) is 6.42 Å². The molecule has 0 rings (SSSR count). The molecule has 4 nitrogen and oxygen atoms in total. The summed E-state index contributed by atoms with van der Waals surface area (Å²) in [5, 5.41) is 0. The summed E-state index contributed by atoms with van der Waals surface area (Å²) in [6.07, 6.45) is -0.160. The molecule has 0 aliphatic carbocycles. The Balaban J connectivity index is 4.90. The molecule has 0 amide bonds. The smallest absolute Gasteiger partial charge is 0.295 e. The SMILES string of the molecule is CCC(=O)C(Cl)(Cl)S(=O)(=O)O. The lowest BCUT2D eigenvalue weighted by atomic mass is 10.3. The molecule has 0 heterocycles. The summed E-state index contributed by atoms with van der Waals surface area (Å²) < 4.78 is 26.3. The second-order valence-corrected chi connectivity index (χ2v) is 5.11. The van der Waals surface area contributed by atoms with Crippen LogP contribution in [0.25, 0.3) is 0 Å². The van der Waals surface area contributed by atoms with Gasteiger partial charge in [0, 0.05) is 6.42 Å². The van der Waals surface area contributed by atoms with Gasteiger partial charge in [-0.3, -0.25) is 9.35 Å². The van der Waals surface area contributed by atoms with Gasteiger partial charge in [-0.15, -0.1) is 0 Å². The molecular formula is C4H6Cl2O4S. The number of alkyl halides is 2. The van der Waals surface area contributed by atoms with Crippen molar-refractivity contribution in [2.75, 3.05) is 0 Å². The van der Waals surface area contributed by atoms with E-state index < -0.39 is 19.6 Å². The minimum Gasteiger partial charge on any atom is -0.295 e. The molecule has 0 aromatic carbocycles. The number of Topliss-reactive ketones (excluding diaryl/α,β-unsaturated/α-hetero) is 1. The largest absolute Gasteiger partial charge is 0.306 e. The van der Waals surface area contributed by atoms with Crippen LogP contribution >= 0.6 is 23.2 Å². The Bertz CT molecular complexity index is 255. The minimum absolute atomic E-state index is 0.160. The summed E-state index contributed by atoms with van der Waals surface area (Å²) in [5.74, 6) is -0.955. The van der Waals surface area contributed by atoms with E-state index in [1.807, 2.05) is 0 Å². The third-order valence-corrected chi connectivity index (χ3v) is 3.44. The molecule has 66 valence electrons. The van der Waals surface area contributed by atoms with Gasteiger partial charge in [-0.05, 0) is 0 Å². The van der Waals surface area contributed by atoms with Crippen molar-refractivity contribution < 1.29 is 17.8 Å². The van der Waals surface area contributed by atoms with Gasteiger partial charge in [0.05, 0.1) is 0 Å². The Kier molecular flexibility index (Phi) is 3.31. The highest BCUT2D eigenvalue weighted by molar-refractivity contribution is 7.91. The van der Waals surface area contributed by atoms with E-state index in [9.17, 15) is 13.2 Å². The summed E-state index contributed by atoms with van der Waals surface area (Å²) in [7, 11) is -4.73. The Morgan fingerprint density at radius 3 is 2.00 bits per heavy atom. The quantitative estimate of drug-likeness (QED) is 0.569. The van der Waals surface area contributed by atoms with Gasteiger partial charge >= 0.3 is 13.8 Å². The molecule has 0 aliphatic rings. The van der Waals surface area contributed by atoms with Crippen LogP contribution in [-0.2, 0) is 14.9 Å². The zero-order chi connectivity index (χ0) is 9.28. The zero-order valence-corrected chi connectivity index (χ0v) is 7.87. The second-order valence-electron chi connectivity index (χ2n) is 1.77. The molecule has 0 bridgehead atoms. The van der Waals surface area contributed by atoms with Gasteiger partial charge in [-0.2, -0.15) is 8.42 Å². The lowest BCUT2D eigenvalue weighted by Crippen LogP contribution is -2.34. The number of rotatable bonds is 3. The van der Waals surface area contributed by atoms with Crippen molar-refractivity contribution in [2.24, 2.45) is 0 Å². The molecule has 0 saturated heterocycles. The number of hydrogen-bond donors (Lipinski definition) is 1. The first-order valence-corrected chi connectivity index (χ1v) is 4.81. The third kappa shape index (κ3) is 2.30. The summed E-state index contributed by atoms with van der Waals surface area (Å²) in [6, 6.07) is 0. The molecule has 1 N–H and O–H groups in total. The van der Waals surface area contributed by atoms with Crippen LogP contribution in [0.4, 0.5) is 0 Å². The number of carbonyl (C=O) groups excluding carboxylic acids is 1. The number of hydrogen-bond acceptors (Lipinski definition) is 3. The summed E-state index contributed by atoms with van der Waals surface area (Å²) in [4.78, 5) is 10.7.